The molecule has 0 spiro atoms. The Morgan fingerprint density at radius 3 is 2.84 bits per heavy atom. The minimum Gasteiger partial charge on any atom is -0.464 e. The molecular formula is C19H25N3O3. The van der Waals surface area contributed by atoms with Crippen LogP contribution < -0.4 is 15.4 Å². The van der Waals surface area contributed by atoms with Crippen LogP contribution in [-0.4, -0.2) is 37.3 Å². The SMILES string of the molecule is Cc1ccc(C2CCCN2c2cc(N3CCOCC3C)cc(=O)[nH]2)o1. The van der Waals surface area contributed by atoms with Gasteiger partial charge in [0.05, 0.1) is 19.3 Å². The number of anilines is 2. The number of aromatic nitrogens is 1. The summed E-state index contributed by atoms with van der Waals surface area (Å²) in [6.45, 7) is 7.22. The molecule has 0 amide bonds. The predicted octanol–water partition coefficient (Wildman–Crippen LogP) is 2.84. The first-order valence-corrected chi connectivity index (χ1v) is 9.03. The Labute approximate surface area is 147 Å². The molecule has 4 rings (SSSR count). The van der Waals surface area contributed by atoms with Crippen LogP contribution in [0.3, 0.4) is 0 Å². The van der Waals surface area contributed by atoms with Crippen LogP contribution in [0.2, 0.25) is 0 Å². The first kappa shape index (κ1) is 16.3. The van der Waals surface area contributed by atoms with E-state index in [9.17, 15) is 4.79 Å². The zero-order chi connectivity index (χ0) is 17.4. The topological polar surface area (TPSA) is 61.7 Å². The van der Waals surface area contributed by atoms with Gasteiger partial charge in [0, 0.05) is 37.0 Å². The third-order valence-corrected chi connectivity index (χ3v) is 5.17. The summed E-state index contributed by atoms with van der Waals surface area (Å²) in [6, 6.07) is 8.28. The lowest BCUT2D eigenvalue weighted by molar-refractivity contribution is 0.0989. The van der Waals surface area contributed by atoms with Crippen LogP contribution in [0.15, 0.2) is 33.5 Å². The van der Waals surface area contributed by atoms with Crippen LogP contribution in [0.5, 0.6) is 0 Å². The van der Waals surface area contributed by atoms with E-state index >= 15 is 0 Å². The van der Waals surface area contributed by atoms with E-state index in [4.69, 9.17) is 9.15 Å². The molecule has 2 fully saturated rings. The number of furan rings is 1. The maximum atomic E-state index is 12.3. The number of aromatic amines is 1. The summed E-state index contributed by atoms with van der Waals surface area (Å²) < 4.78 is 11.4. The highest BCUT2D eigenvalue weighted by Crippen LogP contribution is 2.36. The summed E-state index contributed by atoms with van der Waals surface area (Å²) >= 11 is 0. The van der Waals surface area contributed by atoms with Gasteiger partial charge in [-0.2, -0.15) is 0 Å². The molecule has 2 aromatic rings. The molecule has 2 aliphatic heterocycles. The number of hydrogen-bond acceptors (Lipinski definition) is 5. The van der Waals surface area contributed by atoms with Crippen molar-refractivity contribution in [2.24, 2.45) is 0 Å². The van der Waals surface area contributed by atoms with Gasteiger partial charge in [0.25, 0.3) is 5.56 Å². The van der Waals surface area contributed by atoms with Crippen molar-refractivity contribution < 1.29 is 9.15 Å². The smallest absolute Gasteiger partial charge is 0.251 e. The van der Waals surface area contributed by atoms with Gasteiger partial charge in [-0.1, -0.05) is 0 Å². The molecule has 4 heterocycles. The van der Waals surface area contributed by atoms with E-state index in [1.807, 2.05) is 19.1 Å². The molecule has 2 aliphatic rings. The molecule has 2 saturated heterocycles. The first-order chi connectivity index (χ1) is 12.1. The minimum absolute atomic E-state index is 0.0625. The number of morpholine rings is 1. The molecule has 2 aromatic heterocycles. The Bertz CT molecular complexity index is 797. The highest BCUT2D eigenvalue weighted by atomic mass is 16.5. The first-order valence-electron chi connectivity index (χ1n) is 9.03. The quantitative estimate of drug-likeness (QED) is 0.928. The largest absolute Gasteiger partial charge is 0.464 e. The van der Waals surface area contributed by atoms with Gasteiger partial charge in [-0.25, -0.2) is 0 Å². The lowest BCUT2D eigenvalue weighted by atomic mass is 10.1. The standard InChI is InChI=1S/C19H25N3O3/c1-13-12-24-9-8-21(13)15-10-18(20-19(23)11-15)22-7-3-4-16(22)17-6-5-14(2)25-17/h5-6,10-11,13,16H,3-4,7-9,12H2,1-2H3,(H,20,23). The van der Waals surface area contributed by atoms with Gasteiger partial charge in [-0.3, -0.25) is 4.79 Å². The Kier molecular flexibility index (Phi) is 4.29. The predicted molar refractivity (Wildman–Crippen MR) is 97.5 cm³/mol. The summed E-state index contributed by atoms with van der Waals surface area (Å²) in [5, 5.41) is 0. The molecule has 0 aliphatic carbocycles. The monoisotopic (exact) mass is 343 g/mol. The number of aryl methyl sites for hydroxylation is 1. The molecule has 1 N–H and O–H groups in total. The maximum Gasteiger partial charge on any atom is 0.251 e. The second-order valence-corrected chi connectivity index (χ2v) is 7.01. The number of rotatable bonds is 3. The fourth-order valence-electron chi connectivity index (χ4n) is 3.93. The third kappa shape index (κ3) is 3.18. The minimum atomic E-state index is -0.0625. The molecule has 0 radical (unpaired) electrons. The van der Waals surface area contributed by atoms with Crippen molar-refractivity contribution in [3.63, 3.8) is 0 Å². The van der Waals surface area contributed by atoms with Crippen molar-refractivity contribution in [1.29, 1.82) is 0 Å². The molecule has 25 heavy (non-hydrogen) atoms. The molecular weight excluding hydrogens is 318 g/mol. The van der Waals surface area contributed by atoms with Gasteiger partial charge in [-0.15, -0.1) is 0 Å². The molecule has 0 saturated carbocycles. The van der Waals surface area contributed by atoms with Gasteiger partial charge in [0.15, 0.2) is 0 Å². The maximum absolute atomic E-state index is 12.3. The van der Waals surface area contributed by atoms with Crippen LogP contribution in [0.25, 0.3) is 0 Å². The molecule has 2 atom stereocenters. The molecule has 2 unspecified atom stereocenters. The Morgan fingerprint density at radius 1 is 1.20 bits per heavy atom. The number of nitrogens with zero attached hydrogens (tertiary/aromatic N) is 2. The van der Waals surface area contributed by atoms with Crippen molar-refractivity contribution in [2.45, 2.75) is 38.8 Å². The number of ether oxygens (including phenoxy) is 1. The summed E-state index contributed by atoms with van der Waals surface area (Å²) in [4.78, 5) is 19.8. The van der Waals surface area contributed by atoms with E-state index in [2.05, 4.69) is 27.8 Å². The third-order valence-electron chi connectivity index (χ3n) is 5.17. The number of H-pyrrole nitrogens is 1. The second kappa shape index (κ2) is 6.59. The molecule has 134 valence electrons. The summed E-state index contributed by atoms with van der Waals surface area (Å²) in [5.41, 5.74) is 0.906. The number of hydrogen-bond donors (Lipinski definition) is 1. The lowest BCUT2D eigenvalue weighted by Gasteiger charge is -2.35. The Balaban J connectivity index is 1.66. The van der Waals surface area contributed by atoms with E-state index < -0.39 is 0 Å². The zero-order valence-corrected chi connectivity index (χ0v) is 14.8. The van der Waals surface area contributed by atoms with Crippen molar-refractivity contribution in [3.05, 3.63) is 46.1 Å². The zero-order valence-electron chi connectivity index (χ0n) is 14.8. The van der Waals surface area contributed by atoms with Crippen molar-refractivity contribution in [3.8, 4) is 0 Å². The van der Waals surface area contributed by atoms with E-state index in [-0.39, 0.29) is 17.6 Å². The number of pyridine rings is 1. The van der Waals surface area contributed by atoms with Crippen LogP contribution in [-0.2, 0) is 4.74 Å². The molecule has 6 nitrogen and oxygen atoms in total. The van der Waals surface area contributed by atoms with E-state index in [1.165, 1.54) is 0 Å². The highest BCUT2D eigenvalue weighted by molar-refractivity contribution is 5.57. The Hall–Kier alpha value is -2.21. The van der Waals surface area contributed by atoms with Crippen molar-refractivity contribution >= 4 is 11.5 Å². The van der Waals surface area contributed by atoms with E-state index in [0.717, 1.165) is 49.0 Å². The van der Waals surface area contributed by atoms with Crippen LogP contribution >= 0.6 is 0 Å². The van der Waals surface area contributed by atoms with Gasteiger partial charge in [-0.05, 0) is 38.8 Å². The highest BCUT2D eigenvalue weighted by Gasteiger charge is 2.30. The average molecular weight is 343 g/mol. The van der Waals surface area contributed by atoms with Crippen LogP contribution in [0.4, 0.5) is 11.5 Å². The molecule has 6 heteroatoms. The fraction of sp³-hybridized carbons (Fsp3) is 0.526. The number of nitrogens with one attached hydrogen (secondary N) is 1. The van der Waals surface area contributed by atoms with Gasteiger partial charge in [0.2, 0.25) is 0 Å². The van der Waals surface area contributed by atoms with Gasteiger partial charge >= 0.3 is 0 Å². The lowest BCUT2D eigenvalue weighted by Crippen LogP contribution is -2.44. The van der Waals surface area contributed by atoms with Crippen LogP contribution in [0, 0.1) is 6.92 Å². The summed E-state index contributed by atoms with van der Waals surface area (Å²) in [5.74, 6) is 2.77. The van der Waals surface area contributed by atoms with Crippen molar-refractivity contribution in [2.75, 3.05) is 36.1 Å². The van der Waals surface area contributed by atoms with E-state index in [0.29, 0.717) is 13.2 Å². The summed E-state index contributed by atoms with van der Waals surface area (Å²) in [6.07, 6.45) is 2.12. The summed E-state index contributed by atoms with van der Waals surface area (Å²) in [7, 11) is 0. The Morgan fingerprint density at radius 2 is 2.08 bits per heavy atom. The second-order valence-electron chi connectivity index (χ2n) is 7.01. The normalized spacial score (nSPS) is 24.1. The molecule has 0 bridgehead atoms. The van der Waals surface area contributed by atoms with Crippen LogP contribution in [0.1, 0.15) is 37.3 Å². The average Bonchev–Trinajstić information content (AvgIpc) is 3.23. The fourth-order valence-corrected chi connectivity index (χ4v) is 3.93. The van der Waals surface area contributed by atoms with E-state index in [1.54, 1.807) is 6.07 Å². The van der Waals surface area contributed by atoms with Crippen molar-refractivity contribution in [1.82, 2.24) is 4.98 Å². The molecule has 0 aromatic carbocycles. The van der Waals surface area contributed by atoms with Gasteiger partial charge in [0.1, 0.15) is 17.3 Å². The van der Waals surface area contributed by atoms with Gasteiger partial charge < -0.3 is 23.9 Å².